The molecule has 5 rings (SSSR count). The van der Waals surface area contributed by atoms with Crippen LogP contribution in [0.1, 0.15) is 58.4 Å². The Bertz CT molecular complexity index is 1770. The summed E-state index contributed by atoms with van der Waals surface area (Å²) in [6.45, 7) is 5.04. The van der Waals surface area contributed by atoms with Crippen molar-refractivity contribution in [2.24, 2.45) is 0 Å². The van der Waals surface area contributed by atoms with E-state index in [0.29, 0.717) is 34.6 Å². The molecule has 0 spiro atoms. The standard InChI is InChI=1S/C33H30N2O5/c1-20(2)39-31-13-11-23(9-8-22-10-12-30-24(14-22)17-32(40-30)21(3)37)15-28(31)33(38)35-26(19-36)16-25-18-34-29-7-5-4-6-27(25)29/h4-7,10-15,17-18,20,26,34,36H,16,19H2,1-3H3,(H,35,38)/t26-/m1/s1. The van der Waals surface area contributed by atoms with Gasteiger partial charge in [0.25, 0.3) is 5.91 Å². The number of amides is 1. The van der Waals surface area contributed by atoms with Gasteiger partial charge < -0.3 is 24.6 Å². The van der Waals surface area contributed by atoms with Gasteiger partial charge in [0, 0.05) is 40.5 Å². The van der Waals surface area contributed by atoms with Gasteiger partial charge in [0.2, 0.25) is 0 Å². The van der Waals surface area contributed by atoms with Gasteiger partial charge in [-0.15, -0.1) is 0 Å². The van der Waals surface area contributed by atoms with Gasteiger partial charge in [-0.2, -0.15) is 0 Å². The molecule has 0 unspecified atom stereocenters. The zero-order valence-electron chi connectivity index (χ0n) is 22.6. The van der Waals surface area contributed by atoms with Crippen molar-refractivity contribution in [1.82, 2.24) is 10.3 Å². The molecule has 0 fully saturated rings. The monoisotopic (exact) mass is 534 g/mol. The van der Waals surface area contributed by atoms with E-state index in [0.717, 1.165) is 27.4 Å². The number of aromatic amines is 1. The summed E-state index contributed by atoms with van der Waals surface area (Å²) >= 11 is 0. The van der Waals surface area contributed by atoms with Crippen molar-refractivity contribution in [3.05, 3.63) is 101 Å². The molecule has 7 heteroatoms. The smallest absolute Gasteiger partial charge is 0.255 e. The number of carbonyl (C=O) groups is 2. The molecule has 7 nitrogen and oxygen atoms in total. The predicted octanol–water partition coefficient (Wildman–Crippen LogP) is 5.64. The van der Waals surface area contributed by atoms with Crippen LogP contribution >= 0.6 is 0 Å². The topological polar surface area (TPSA) is 105 Å². The average molecular weight is 535 g/mol. The number of Topliss-reactive ketones (excluding diaryl/α,β-unsaturated/α-hetero) is 1. The van der Waals surface area contributed by atoms with E-state index in [2.05, 4.69) is 22.1 Å². The zero-order chi connectivity index (χ0) is 28.2. The van der Waals surface area contributed by atoms with E-state index in [1.54, 1.807) is 30.3 Å². The first-order chi connectivity index (χ1) is 19.3. The molecule has 5 aromatic rings. The number of ketones is 1. The molecular formula is C33H30N2O5. The average Bonchev–Trinajstić information content (AvgIpc) is 3.56. The maximum Gasteiger partial charge on any atom is 0.255 e. The third-order valence-electron chi connectivity index (χ3n) is 6.50. The van der Waals surface area contributed by atoms with Crippen molar-refractivity contribution in [2.75, 3.05) is 6.61 Å². The fourth-order valence-electron chi connectivity index (χ4n) is 4.57. The second-order valence-electron chi connectivity index (χ2n) is 9.96. The summed E-state index contributed by atoms with van der Waals surface area (Å²) in [5, 5.41) is 14.9. The Morgan fingerprint density at radius 3 is 2.52 bits per heavy atom. The zero-order valence-corrected chi connectivity index (χ0v) is 22.6. The predicted molar refractivity (Wildman–Crippen MR) is 155 cm³/mol. The summed E-state index contributed by atoms with van der Waals surface area (Å²) in [5.41, 5.74) is 4.36. The minimum Gasteiger partial charge on any atom is -0.490 e. The van der Waals surface area contributed by atoms with Crippen molar-refractivity contribution in [3.8, 4) is 17.6 Å². The molecule has 1 amide bonds. The van der Waals surface area contributed by atoms with E-state index in [9.17, 15) is 14.7 Å². The number of hydrogen-bond acceptors (Lipinski definition) is 5. The molecule has 0 aliphatic rings. The molecule has 1 atom stereocenters. The van der Waals surface area contributed by atoms with Crippen LogP contribution in [0.4, 0.5) is 0 Å². The molecule has 0 bridgehead atoms. The van der Waals surface area contributed by atoms with Crippen LogP contribution in [-0.4, -0.2) is 40.5 Å². The lowest BCUT2D eigenvalue weighted by Gasteiger charge is -2.19. The van der Waals surface area contributed by atoms with Crippen molar-refractivity contribution in [2.45, 2.75) is 39.3 Å². The summed E-state index contributed by atoms with van der Waals surface area (Å²) in [5.74, 6) is 6.51. The second kappa shape index (κ2) is 11.5. The van der Waals surface area contributed by atoms with Crippen LogP contribution in [0, 0.1) is 11.8 Å². The molecule has 0 saturated heterocycles. The second-order valence-corrected chi connectivity index (χ2v) is 9.96. The van der Waals surface area contributed by atoms with Crippen LogP contribution in [0.25, 0.3) is 21.9 Å². The number of para-hydroxylation sites is 1. The number of aliphatic hydroxyl groups is 1. The van der Waals surface area contributed by atoms with Crippen LogP contribution in [0.2, 0.25) is 0 Å². The summed E-state index contributed by atoms with van der Waals surface area (Å²) in [7, 11) is 0. The molecule has 2 heterocycles. The van der Waals surface area contributed by atoms with Gasteiger partial charge in [-0.1, -0.05) is 30.0 Å². The quantitative estimate of drug-likeness (QED) is 0.177. The molecule has 0 radical (unpaired) electrons. The van der Waals surface area contributed by atoms with Gasteiger partial charge in [-0.05, 0) is 74.4 Å². The van der Waals surface area contributed by atoms with Crippen LogP contribution in [0.15, 0.2) is 77.3 Å². The number of aliphatic hydroxyl groups excluding tert-OH is 1. The first kappa shape index (κ1) is 26.8. The molecule has 40 heavy (non-hydrogen) atoms. The van der Waals surface area contributed by atoms with E-state index >= 15 is 0 Å². The van der Waals surface area contributed by atoms with Crippen LogP contribution in [0.5, 0.6) is 5.75 Å². The Morgan fingerprint density at radius 1 is 1.02 bits per heavy atom. The van der Waals surface area contributed by atoms with Crippen molar-refractivity contribution in [1.29, 1.82) is 0 Å². The largest absolute Gasteiger partial charge is 0.490 e. The summed E-state index contributed by atoms with van der Waals surface area (Å²) in [4.78, 5) is 28.3. The molecule has 0 aliphatic carbocycles. The highest BCUT2D eigenvalue weighted by atomic mass is 16.5. The highest BCUT2D eigenvalue weighted by Crippen LogP contribution is 2.24. The van der Waals surface area contributed by atoms with Gasteiger partial charge in [0.05, 0.1) is 24.3 Å². The van der Waals surface area contributed by atoms with Crippen LogP contribution < -0.4 is 10.1 Å². The Kier molecular flexibility index (Phi) is 7.72. The number of rotatable bonds is 8. The van der Waals surface area contributed by atoms with E-state index in [1.165, 1.54) is 6.92 Å². The van der Waals surface area contributed by atoms with E-state index in [4.69, 9.17) is 9.15 Å². The first-order valence-electron chi connectivity index (χ1n) is 13.1. The third kappa shape index (κ3) is 5.93. The lowest BCUT2D eigenvalue weighted by Crippen LogP contribution is -2.39. The molecule has 2 aromatic heterocycles. The number of hydrogen-bond donors (Lipinski definition) is 3. The van der Waals surface area contributed by atoms with Crippen molar-refractivity contribution < 1.29 is 23.8 Å². The van der Waals surface area contributed by atoms with E-state index in [1.807, 2.05) is 56.4 Å². The van der Waals surface area contributed by atoms with Crippen molar-refractivity contribution >= 4 is 33.6 Å². The maximum absolute atomic E-state index is 13.4. The van der Waals surface area contributed by atoms with Gasteiger partial charge in [-0.25, -0.2) is 0 Å². The Hall–Kier alpha value is -4.80. The minimum atomic E-state index is -0.491. The molecular weight excluding hydrogens is 504 g/mol. The van der Waals surface area contributed by atoms with Gasteiger partial charge >= 0.3 is 0 Å². The maximum atomic E-state index is 13.4. The number of nitrogens with one attached hydrogen (secondary N) is 2. The normalized spacial score (nSPS) is 11.8. The number of benzene rings is 3. The molecule has 3 aromatic carbocycles. The molecule has 202 valence electrons. The molecule has 0 saturated carbocycles. The summed E-state index contributed by atoms with van der Waals surface area (Å²) in [6.07, 6.45) is 2.24. The Balaban J connectivity index is 1.39. The number of aromatic nitrogens is 1. The lowest BCUT2D eigenvalue weighted by atomic mass is 10.0. The highest BCUT2D eigenvalue weighted by molar-refractivity contribution is 5.98. The Morgan fingerprint density at radius 2 is 1.77 bits per heavy atom. The third-order valence-corrected chi connectivity index (χ3v) is 6.50. The first-order valence-corrected chi connectivity index (χ1v) is 13.1. The van der Waals surface area contributed by atoms with Crippen LogP contribution in [0.3, 0.4) is 0 Å². The number of H-pyrrole nitrogens is 1. The SMILES string of the molecule is CC(=O)c1cc2cc(C#Cc3ccc(OC(C)C)c(C(=O)N[C@@H](CO)Cc4c[nH]c5ccccc45)c3)ccc2o1. The molecule has 0 aliphatic heterocycles. The minimum absolute atomic E-state index is 0.134. The highest BCUT2D eigenvalue weighted by Gasteiger charge is 2.20. The summed E-state index contributed by atoms with van der Waals surface area (Å²) < 4.78 is 11.5. The van der Waals surface area contributed by atoms with E-state index in [-0.39, 0.29) is 24.4 Å². The number of ether oxygens (including phenoxy) is 1. The Labute approximate surface area is 232 Å². The van der Waals surface area contributed by atoms with Gasteiger partial charge in [-0.3, -0.25) is 9.59 Å². The fourth-order valence-corrected chi connectivity index (χ4v) is 4.57. The van der Waals surface area contributed by atoms with Gasteiger partial charge in [0.15, 0.2) is 11.5 Å². The van der Waals surface area contributed by atoms with E-state index < -0.39 is 6.04 Å². The van der Waals surface area contributed by atoms with Gasteiger partial charge in [0.1, 0.15) is 11.3 Å². The number of furan rings is 1. The van der Waals surface area contributed by atoms with Crippen molar-refractivity contribution in [3.63, 3.8) is 0 Å². The lowest BCUT2D eigenvalue weighted by molar-refractivity contribution is 0.0910. The number of fused-ring (bicyclic) bond motifs is 2. The van der Waals surface area contributed by atoms with Crippen LogP contribution in [-0.2, 0) is 6.42 Å². The molecule has 3 N–H and O–H groups in total. The number of carbonyl (C=O) groups excluding carboxylic acids is 2. The summed E-state index contributed by atoms with van der Waals surface area (Å²) in [6, 6.07) is 19.9. The fraction of sp³-hybridized carbons (Fsp3) is 0.212.